The van der Waals surface area contributed by atoms with Gasteiger partial charge in [-0.15, -0.1) is 0 Å². The normalized spacial score (nSPS) is 22.9. The number of likely N-dealkylation sites (tertiary alicyclic amines) is 1. The van der Waals surface area contributed by atoms with E-state index in [1.54, 1.807) is 23.6 Å². The van der Waals surface area contributed by atoms with E-state index in [2.05, 4.69) is 10.2 Å². The van der Waals surface area contributed by atoms with E-state index in [9.17, 15) is 19.2 Å². The molecule has 42 heavy (non-hydrogen) atoms. The summed E-state index contributed by atoms with van der Waals surface area (Å²) in [7, 11) is 3.30. The maximum Gasteiger partial charge on any atom is 0.409 e. The summed E-state index contributed by atoms with van der Waals surface area (Å²) in [6, 6.07) is 7.75. The fraction of sp³-hybridized carbons (Fsp3) is 0.667. The van der Waals surface area contributed by atoms with Crippen LogP contribution in [0.2, 0.25) is 0 Å². The Morgan fingerprint density at radius 2 is 1.64 bits per heavy atom. The van der Waals surface area contributed by atoms with Crippen molar-refractivity contribution < 1.29 is 23.9 Å². The summed E-state index contributed by atoms with van der Waals surface area (Å²) in [6.45, 7) is 6.11. The molecule has 1 unspecified atom stereocenters. The van der Waals surface area contributed by atoms with Crippen molar-refractivity contribution in [2.24, 2.45) is 0 Å². The number of nitrogens with one attached hydrogen (secondary N) is 1. The number of carbonyl (C=O) groups excluding carboxylic acids is 3. The number of imidazole rings is 1. The molecule has 2 bridgehead atoms. The zero-order valence-electron chi connectivity index (χ0n) is 25.2. The molecule has 3 atom stereocenters. The molecule has 3 amide bonds. The summed E-state index contributed by atoms with van der Waals surface area (Å²) < 4.78 is 13.9. The first-order valence-electron chi connectivity index (χ1n) is 15.2. The first-order chi connectivity index (χ1) is 20.1. The third-order valence-corrected chi connectivity index (χ3v) is 8.83. The van der Waals surface area contributed by atoms with E-state index in [1.165, 1.54) is 9.47 Å². The van der Waals surface area contributed by atoms with Gasteiger partial charge in [-0.1, -0.05) is 12.1 Å². The number of amides is 3. The van der Waals surface area contributed by atoms with Gasteiger partial charge in [0, 0.05) is 70.7 Å². The van der Waals surface area contributed by atoms with Gasteiger partial charge < -0.3 is 24.6 Å². The number of piperidine rings is 2. The Bertz CT molecular complexity index is 1330. The fourth-order valence-electron chi connectivity index (χ4n) is 6.76. The standard InChI is InChI=1S/C30H44N6O6/c1-20(2)35-25-8-5-6-9-26(25)36(28(35)38)27(37)31-21-18-22-10-11-23(19-21)34(22)14-7-17-41-30(40)33-15-12-24(13-16-33)42-29(39)32(3)4/h5-6,8-9,20-24H,7,10-19H2,1-4H3,(H,31,37)/t21?,22-,23+. The molecule has 12 heteroatoms. The lowest BCUT2D eigenvalue weighted by molar-refractivity contribution is 0.0298. The number of rotatable bonds is 7. The molecule has 0 saturated carbocycles. The van der Waals surface area contributed by atoms with Crippen LogP contribution in [0.15, 0.2) is 29.1 Å². The van der Waals surface area contributed by atoms with E-state index in [1.807, 2.05) is 38.1 Å². The second kappa shape index (κ2) is 12.8. The highest BCUT2D eigenvalue weighted by Crippen LogP contribution is 2.36. The maximum absolute atomic E-state index is 13.3. The van der Waals surface area contributed by atoms with Crippen molar-refractivity contribution in [1.29, 1.82) is 0 Å². The zero-order valence-corrected chi connectivity index (χ0v) is 25.2. The Balaban J connectivity index is 1.07. The maximum atomic E-state index is 13.3. The van der Waals surface area contributed by atoms with Crippen LogP contribution in [-0.4, -0.2) is 107 Å². The molecule has 4 heterocycles. The smallest absolute Gasteiger partial charge is 0.409 e. The van der Waals surface area contributed by atoms with E-state index in [0.29, 0.717) is 50.1 Å². The van der Waals surface area contributed by atoms with Crippen molar-refractivity contribution in [3.8, 4) is 0 Å². The third-order valence-electron chi connectivity index (χ3n) is 8.83. The largest absolute Gasteiger partial charge is 0.449 e. The Morgan fingerprint density at radius 3 is 2.26 bits per heavy atom. The molecule has 5 rings (SSSR count). The summed E-state index contributed by atoms with van der Waals surface area (Å²) in [4.78, 5) is 56.4. The predicted molar refractivity (Wildman–Crippen MR) is 158 cm³/mol. The van der Waals surface area contributed by atoms with Gasteiger partial charge in [0.15, 0.2) is 0 Å². The molecule has 3 saturated heterocycles. The van der Waals surface area contributed by atoms with Crippen LogP contribution in [0, 0.1) is 0 Å². The molecule has 1 aromatic heterocycles. The Hall–Kier alpha value is -3.54. The molecule has 3 aliphatic rings. The van der Waals surface area contributed by atoms with Gasteiger partial charge in [-0.25, -0.2) is 23.7 Å². The molecule has 3 fully saturated rings. The highest BCUT2D eigenvalue weighted by molar-refractivity contribution is 5.89. The zero-order chi connectivity index (χ0) is 30.0. The van der Waals surface area contributed by atoms with Gasteiger partial charge in [0.05, 0.1) is 17.6 Å². The average Bonchev–Trinajstić information content (AvgIpc) is 3.39. The highest BCUT2D eigenvalue weighted by Gasteiger charge is 2.41. The van der Waals surface area contributed by atoms with Crippen LogP contribution in [-0.2, 0) is 9.47 Å². The molecular weight excluding hydrogens is 540 g/mol. The molecule has 1 aromatic carbocycles. The van der Waals surface area contributed by atoms with Crippen molar-refractivity contribution in [1.82, 2.24) is 29.2 Å². The molecule has 0 spiro atoms. The number of ether oxygens (including phenoxy) is 2. The average molecular weight is 585 g/mol. The molecule has 3 aliphatic heterocycles. The molecule has 0 radical (unpaired) electrons. The summed E-state index contributed by atoms with van der Waals surface area (Å²) in [6.07, 6.45) is 4.96. The van der Waals surface area contributed by atoms with Gasteiger partial charge >= 0.3 is 23.9 Å². The van der Waals surface area contributed by atoms with Gasteiger partial charge in [-0.05, 0) is 58.1 Å². The van der Waals surface area contributed by atoms with Crippen LogP contribution >= 0.6 is 0 Å². The lowest BCUT2D eigenvalue weighted by Gasteiger charge is -2.39. The van der Waals surface area contributed by atoms with Crippen molar-refractivity contribution in [2.75, 3.05) is 40.3 Å². The van der Waals surface area contributed by atoms with Gasteiger partial charge in [0.2, 0.25) is 0 Å². The minimum Gasteiger partial charge on any atom is -0.449 e. The molecule has 1 N–H and O–H groups in total. The van der Waals surface area contributed by atoms with Gasteiger partial charge in [-0.3, -0.25) is 9.47 Å². The number of benzene rings is 1. The number of aromatic nitrogens is 2. The van der Waals surface area contributed by atoms with Crippen molar-refractivity contribution in [3.05, 3.63) is 34.7 Å². The molecular formula is C30H44N6O6. The van der Waals surface area contributed by atoms with Crippen LogP contribution in [0.25, 0.3) is 11.0 Å². The monoisotopic (exact) mass is 584 g/mol. The second-order valence-corrected chi connectivity index (χ2v) is 12.2. The first-order valence-corrected chi connectivity index (χ1v) is 15.2. The van der Waals surface area contributed by atoms with E-state index < -0.39 is 0 Å². The fourth-order valence-corrected chi connectivity index (χ4v) is 6.76. The summed E-state index contributed by atoms with van der Waals surface area (Å²) in [5.74, 6) is 0. The Morgan fingerprint density at radius 1 is 1.00 bits per heavy atom. The van der Waals surface area contributed by atoms with E-state index >= 15 is 0 Å². The van der Waals surface area contributed by atoms with Crippen molar-refractivity contribution >= 4 is 29.3 Å². The summed E-state index contributed by atoms with van der Waals surface area (Å²) >= 11 is 0. The van der Waals surface area contributed by atoms with Crippen molar-refractivity contribution in [2.45, 2.75) is 89.1 Å². The van der Waals surface area contributed by atoms with Crippen LogP contribution in [0.5, 0.6) is 0 Å². The quantitative estimate of drug-likeness (QED) is 0.494. The van der Waals surface area contributed by atoms with Crippen LogP contribution in [0.3, 0.4) is 0 Å². The summed E-state index contributed by atoms with van der Waals surface area (Å²) in [5, 5.41) is 3.16. The van der Waals surface area contributed by atoms with Crippen molar-refractivity contribution in [3.63, 3.8) is 0 Å². The van der Waals surface area contributed by atoms with Gasteiger partial charge in [-0.2, -0.15) is 0 Å². The lowest BCUT2D eigenvalue weighted by Crippen LogP contribution is -2.52. The van der Waals surface area contributed by atoms with E-state index in [4.69, 9.17) is 9.47 Å². The number of hydrogen-bond donors (Lipinski definition) is 1. The van der Waals surface area contributed by atoms with Gasteiger partial charge in [0.25, 0.3) is 0 Å². The molecule has 2 aromatic rings. The second-order valence-electron chi connectivity index (χ2n) is 12.2. The number of para-hydroxylation sites is 2. The predicted octanol–water partition coefficient (Wildman–Crippen LogP) is 3.63. The third kappa shape index (κ3) is 6.28. The number of nitrogens with zero attached hydrogens (tertiary/aromatic N) is 5. The van der Waals surface area contributed by atoms with E-state index in [0.717, 1.165) is 44.2 Å². The number of fused-ring (bicyclic) bond motifs is 3. The molecule has 0 aliphatic carbocycles. The summed E-state index contributed by atoms with van der Waals surface area (Å²) in [5.41, 5.74) is 1.08. The minimum absolute atomic E-state index is 0.0112. The lowest BCUT2D eigenvalue weighted by atomic mass is 9.97. The minimum atomic E-state index is -0.361. The first kappa shape index (κ1) is 29.9. The van der Waals surface area contributed by atoms with Crippen LogP contribution < -0.4 is 11.0 Å². The van der Waals surface area contributed by atoms with Crippen LogP contribution in [0.1, 0.15) is 64.8 Å². The van der Waals surface area contributed by atoms with Gasteiger partial charge in [0.1, 0.15) is 6.10 Å². The Labute approximate surface area is 246 Å². The number of carbonyl (C=O) groups is 3. The Kier molecular flexibility index (Phi) is 9.10. The van der Waals surface area contributed by atoms with E-state index in [-0.39, 0.29) is 42.1 Å². The number of hydrogen-bond acceptors (Lipinski definition) is 7. The molecule has 230 valence electrons. The SMILES string of the molecule is CC(C)n1c(=O)n(C(=O)NC2C[C@H]3CC[C@@H](C2)N3CCCOC(=O)N2CCC(OC(=O)N(C)C)CC2)c2ccccc21. The van der Waals surface area contributed by atoms with Crippen LogP contribution in [0.4, 0.5) is 14.4 Å². The highest BCUT2D eigenvalue weighted by atomic mass is 16.6. The molecule has 12 nitrogen and oxygen atoms in total. The topological polar surface area (TPSA) is 118 Å².